The Morgan fingerprint density at radius 1 is 1.21 bits per heavy atom. The first-order valence-corrected chi connectivity index (χ1v) is 6.81. The highest BCUT2D eigenvalue weighted by Crippen LogP contribution is 2.36. The number of hydrogen-bond donors (Lipinski definition) is 1. The molecule has 1 fully saturated rings. The highest BCUT2D eigenvalue weighted by molar-refractivity contribution is 5.75. The maximum atomic E-state index is 12.5. The van der Waals surface area contributed by atoms with Crippen LogP contribution in [0, 0.1) is 5.41 Å². The molecule has 1 rings (SSSR count). The number of halogens is 3. The Balaban J connectivity index is 2.78. The molecule has 0 amide bonds. The lowest BCUT2D eigenvalue weighted by atomic mass is 9.80. The summed E-state index contributed by atoms with van der Waals surface area (Å²) in [6.45, 7) is 0.823. The predicted molar refractivity (Wildman–Crippen MR) is 65.9 cm³/mol. The van der Waals surface area contributed by atoms with Crippen LogP contribution in [0.1, 0.15) is 45.4 Å². The Bertz CT molecular complexity index is 297. The Hall–Kier alpha value is -0.780. The van der Waals surface area contributed by atoms with Crippen molar-refractivity contribution in [3.8, 4) is 0 Å². The molecule has 1 aliphatic carbocycles. The molecule has 1 saturated carbocycles. The van der Waals surface area contributed by atoms with Crippen molar-refractivity contribution in [2.24, 2.45) is 5.41 Å². The number of alkyl halides is 3. The van der Waals surface area contributed by atoms with Crippen molar-refractivity contribution in [3.05, 3.63) is 0 Å². The van der Waals surface area contributed by atoms with Crippen LogP contribution >= 0.6 is 0 Å². The van der Waals surface area contributed by atoms with Gasteiger partial charge in [0.25, 0.3) is 0 Å². The van der Waals surface area contributed by atoms with E-state index < -0.39 is 24.1 Å². The minimum Gasteiger partial charge on any atom is -0.481 e. The molecule has 0 atom stereocenters. The lowest BCUT2D eigenvalue weighted by Gasteiger charge is -2.34. The molecule has 0 unspecified atom stereocenters. The van der Waals surface area contributed by atoms with Crippen molar-refractivity contribution in [1.82, 2.24) is 4.90 Å². The maximum Gasteiger partial charge on any atom is 0.401 e. The van der Waals surface area contributed by atoms with Crippen molar-refractivity contribution in [2.45, 2.75) is 51.6 Å². The summed E-state index contributed by atoms with van der Waals surface area (Å²) in [6.07, 6.45) is 0.209. The summed E-state index contributed by atoms with van der Waals surface area (Å²) in [7, 11) is 0. The lowest BCUT2D eigenvalue weighted by molar-refractivity contribution is -0.161. The molecule has 0 spiro atoms. The van der Waals surface area contributed by atoms with Gasteiger partial charge in [-0.25, -0.2) is 0 Å². The van der Waals surface area contributed by atoms with E-state index in [9.17, 15) is 23.1 Å². The summed E-state index contributed by atoms with van der Waals surface area (Å²) in [6, 6.07) is 0. The van der Waals surface area contributed by atoms with E-state index in [-0.39, 0.29) is 13.1 Å². The van der Waals surface area contributed by atoms with Gasteiger partial charge in [0.2, 0.25) is 0 Å². The molecule has 0 saturated heterocycles. The number of carboxylic acid groups (broad SMARTS) is 1. The van der Waals surface area contributed by atoms with Gasteiger partial charge < -0.3 is 5.11 Å². The molecular formula is C13H22F3NO2. The molecule has 19 heavy (non-hydrogen) atoms. The molecule has 0 aromatic carbocycles. The van der Waals surface area contributed by atoms with Crippen molar-refractivity contribution < 1.29 is 23.1 Å². The average Bonchev–Trinajstić information content (AvgIpc) is 2.53. The van der Waals surface area contributed by atoms with Gasteiger partial charge in [-0.2, -0.15) is 13.2 Å². The Kier molecular flexibility index (Phi) is 5.64. The molecule has 0 aromatic rings. The highest BCUT2D eigenvalue weighted by Gasteiger charge is 2.42. The second-order valence-electron chi connectivity index (χ2n) is 5.42. The van der Waals surface area contributed by atoms with Crippen molar-refractivity contribution in [3.63, 3.8) is 0 Å². The zero-order chi connectivity index (χ0) is 14.5. The van der Waals surface area contributed by atoms with Gasteiger partial charge in [-0.1, -0.05) is 32.6 Å². The van der Waals surface area contributed by atoms with Gasteiger partial charge in [0.1, 0.15) is 0 Å². The molecule has 1 aliphatic rings. The van der Waals surface area contributed by atoms with E-state index in [4.69, 9.17) is 0 Å². The lowest BCUT2D eigenvalue weighted by Crippen LogP contribution is -2.46. The molecule has 0 bridgehead atoms. The molecule has 0 aliphatic heterocycles. The van der Waals surface area contributed by atoms with Gasteiger partial charge >= 0.3 is 12.1 Å². The van der Waals surface area contributed by atoms with Crippen molar-refractivity contribution in [1.29, 1.82) is 0 Å². The van der Waals surface area contributed by atoms with E-state index in [0.717, 1.165) is 25.7 Å². The first kappa shape index (κ1) is 16.3. The van der Waals surface area contributed by atoms with Gasteiger partial charge in [0.05, 0.1) is 12.0 Å². The maximum absolute atomic E-state index is 12.5. The normalized spacial score (nSPS) is 20.3. The Morgan fingerprint density at radius 3 is 2.11 bits per heavy atom. The zero-order valence-corrected chi connectivity index (χ0v) is 11.3. The zero-order valence-electron chi connectivity index (χ0n) is 11.3. The Labute approximate surface area is 111 Å². The number of aliphatic carboxylic acids is 1. The van der Waals surface area contributed by atoms with Crippen LogP contribution in [0.3, 0.4) is 0 Å². The van der Waals surface area contributed by atoms with E-state index in [1.807, 2.05) is 0 Å². The summed E-state index contributed by atoms with van der Waals surface area (Å²) in [5.74, 6) is -0.949. The number of carboxylic acids is 1. The fraction of sp³-hybridized carbons (Fsp3) is 0.923. The second-order valence-corrected chi connectivity index (χ2v) is 5.42. The van der Waals surface area contributed by atoms with Gasteiger partial charge in [-0.3, -0.25) is 9.69 Å². The van der Waals surface area contributed by atoms with Gasteiger partial charge in [-0.15, -0.1) is 0 Å². The number of hydrogen-bond acceptors (Lipinski definition) is 2. The summed E-state index contributed by atoms with van der Waals surface area (Å²) < 4.78 is 37.4. The quantitative estimate of drug-likeness (QED) is 0.786. The topological polar surface area (TPSA) is 40.5 Å². The summed E-state index contributed by atoms with van der Waals surface area (Å²) in [5.41, 5.74) is -1.00. The fourth-order valence-corrected chi connectivity index (χ4v) is 2.81. The monoisotopic (exact) mass is 281 g/mol. The van der Waals surface area contributed by atoms with Crippen LogP contribution in [0.5, 0.6) is 0 Å². The van der Waals surface area contributed by atoms with Crippen LogP contribution in [0.4, 0.5) is 13.2 Å². The van der Waals surface area contributed by atoms with Crippen LogP contribution < -0.4 is 0 Å². The SMILES string of the molecule is CCN(CC(F)(F)F)CC1(C(=O)O)CCCCCC1. The number of rotatable bonds is 5. The van der Waals surface area contributed by atoms with Crippen molar-refractivity contribution in [2.75, 3.05) is 19.6 Å². The van der Waals surface area contributed by atoms with E-state index in [0.29, 0.717) is 12.8 Å². The molecule has 6 heteroatoms. The predicted octanol–water partition coefficient (Wildman–Crippen LogP) is 3.30. The summed E-state index contributed by atoms with van der Waals surface area (Å²) in [4.78, 5) is 12.7. The standard InChI is InChI=1S/C13H22F3NO2/c1-2-17(10-13(14,15)16)9-12(11(18)19)7-5-3-4-6-8-12/h2-10H2,1H3,(H,18,19). The third-order valence-electron chi connectivity index (χ3n) is 3.89. The van der Waals surface area contributed by atoms with Gasteiger partial charge in [-0.05, 0) is 19.4 Å². The molecule has 112 valence electrons. The van der Waals surface area contributed by atoms with Gasteiger partial charge in [0.15, 0.2) is 0 Å². The second kappa shape index (κ2) is 6.59. The smallest absolute Gasteiger partial charge is 0.401 e. The van der Waals surface area contributed by atoms with Crippen LogP contribution in [-0.4, -0.2) is 41.8 Å². The van der Waals surface area contributed by atoms with Crippen LogP contribution in [-0.2, 0) is 4.79 Å². The third-order valence-corrected chi connectivity index (χ3v) is 3.89. The minimum atomic E-state index is -4.28. The van der Waals surface area contributed by atoms with E-state index in [1.54, 1.807) is 6.92 Å². The first-order chi connectivity index (χ1) is 8.79. The van der Waals surface area contributed by atoms with Crippen LogP contribution in [0.25, 0.3) is 0 Å². The van der Waals surface area contributed by atoms with Crippen LogP contribution in [0.15, 0.2) is 0 Å². The van der Waals surface area contributed by atoms with Crippen molar-refractivity contribution >= 4 is 5.97 Å². The molecule has 0 aromatic heterocycles. The van der Waals surface area contributed by atoms with E-state index in [1.165, 1.54) is 4.90 Å². The minimum absolute atomic E-state index is 0.00164. The summed E-state index contributed by atoms with van der Waals surface area (Å²) >= 11 is 0. The molecule has 0 heterocycles. The third kappa shape index (κ3) is 5.01. The fourth-order valence-electron chi connectivity index (χ4n) is 2.81. The average molecular weight is 281 g/mol. The van der Waals surface area contributed by atoms with E-state index in [2.05, 4.69) is 0 Å². The highest BCUT2D eigenvalue weighted by atomic mass is 19.4. The Morgan fingerprint density at radius 2 is 1.74 bits per heavy atom. The molecule has 1 N–H and O–H groups in total. The summed E-state index contributed by atoms with van der Waals surface area (Å²) in [5, 5.41) is 9.45. The van der Waals surface area contributed by atoms with Gasteiger partial charge in [0, 0.05) is 6.54 Å². The van der Waals surface area contributed by atoms with Crippen LogP contribution in [0.2, 0.25) is 0 Å². The molecule has 3 nitrogen and oxygen atoms in total. The largest absolute Gasteiger partial charge is 0.481 e. The number of nitrogens with zero attached hydrogens (tertiary/aromatic N) is 1. The molecule has 0 radical (unpaired) electrons. The van der Waals surface area contributed by atoms with E-state index >= 15 is 0 Å². The first-order valence-electron chi connectivity index (χ1n) is 6.81. The number of carbonyl (C=O) groups is 1. The molecular weight excluding hydrogens is 259 g/mol.